The lowest BCUT2D eigenvalue weighted by Crippen LogP contribution is -2.33. The summed E-state index contributed by atoms with van der Waals surface area (Å²) < 4.78 is 1.18. The fourth-order valence-electron chi connectivity index (χ4n) is 2.94. The molecule has 3 rings (SSSR count). The van der Waals surface area contributed by atoms with Gasteiger partial charge in [-0.1, -0.05) is 28.1 Å². The molecule has 0 radical (unpaired) electrons. The first kappa shape index (κ1) is 13.3. The molecular weight excluding hydrogens is 318 g/mol. The van der Waals surface area contributed by atoms with Crippen molar-refractivity contribution in [2.24, 2.45) is 0 Å². The monoisotopic (exact) mass is 335 g/mol. The predicted molar refractivity (Wildman–Crippen MR) is 86.2 cm³/mol. The standard InChI is InChI=1S/C16H18BrNS/c1-11-5-6-16(19-11)14-7-8-18-10-15(14)12-3-2-4-13(17)9-12/h2-6,9,14-15,18H,7-8,10H2,1H3. The molecule has 0 amide bonds. The van der Waals surface area contributed by atoms with E-state index in [-0.39, 0.29) is 0 Å². The summed E-state index contributed by atoms with van der Waals surface area (Å²) in [7, 11) is 0. The number of rotatable bonds is 2. The maximum absolute atomic E-state index is 3.59. The Morgan fingerprint density at radius 2 is 2.11 bits per heavy atom. The van der Waals surface area contributed by atoms with Crippen molar-refractivity contribution in [3.05, 3.63) is 56.2 Å². The topological polar surface area (TPSA) is 12.0 Å². The van der Waals surface area contributed by atoms with Gasteiger partial charge in [-0.3, -0.25) is 0 Å². The van der Waals surface area contributed by atoms with E-state index in [1.54, 1.807) is 4.88 Å². The first-order valence-electron chi connectivity index (χ1n) is 6.76. The molecule has 1 fully saturated rings. The van der Waals surface area contributed by atoms with Crippen molar-refractivity contribution >= 4 is 27.3 Å². The Morgan fingerprint density at radius 1 is 1.21 bits per heavy atom. The first-order valence-corrected chi connectivity index (χ1v) is 8.37. The Hall–Kier alpha value is -0.640. The Bertz CT molecular complexity index is 563. The number of nitrogens with one attached hydrogen (secondary N) is 1. The minimum Gasteiger partial charge on any atom is -0.316 e. The highest BCUT2D eigenvalue weighted by molar-refractivity contribution is 9.10. The third kappa shape index (κ3) is 2.93. The van der Waals surface area contributed by atoms with Crippen molar-refractivity contribution in [2.45, 2.75) is 25.2 Å². The SMILES string of the molecule is Cc1ccc(C2CCNCC2c2cccc(Br)c2)s1. The number of hydrogen-bond acceptors (Lipinski definition) is 2. The van der Waals surface area contributed by atoms with Gasteiger partial charge in [0.15, 0.2) is 0 Å². The lowest BCUT2D eigenvalue weighted by atomic mass is 9.80. The van der Waals surface area contributed by atoms with Crippen LogP contribution in [0.1, 0.15) is 33.6 Å². The highest BCUT2D eigenvalue weighted by Gasteiger charge is 2.28. The van der Waals surface area contributed by atoms with Crippen molar-refractivity contribution in [1.29, 1.82) is 0 Å². The van der Waals surface area contributed by atoms with Crippen LogP contribution in [-0.4, -0.2) is 13.1 Å². The summed E-state index contributed by atoms with van der Waals surface area (Å²) in [6.45, 7) is 4.41. The van der Waals surface area contributed by atoms with Gasteiger partial charge in [0, 0.05) is 32.6 Å². The van der Waals surface area contributed by atoms with E-state index in [1.165, 1.54) is 21.3 Å². The van der Waals surface area contributed by atoms with E-state index in [0.717, 1.165) is 13.1 Å². The van der Waals surface area contributed by atoms with E-state index in [2.05, 4.69) is 64.6 Å². The van der Waals surface area contributed by atoms with Crippen LogP contribution in [0.3, 0.4) is 0 Å². The summed E-state index contributed by atoms with van der Waals surface area (Å²) in [5, 5.41) is 3.55. The van der Waals surface area contributed by atoms with Crippen molar-refractivity contribution in [2.75, 3.05) is 13.1 Å². The Balaban J connectivity index is 1.93. The van der Waals surface area contributed by atoms with Gasteiger partial charge in [-0.15, -0.1) is 11.3 Å². The number of thiophene rings is 1. The Morgan fingerprint density at radius 3 is 2.84 bits per heavy atom. The van der Waals surface area contributed by atoms with Crippen LogP contribution in [0.5, 0.6) is 0 Å². The normalized spacial score (nSPS) is 23.5. The van der Waals surface area contributed by atoms with E-state index >= 15 is 0 Å². The van der Waals surface area contributed by atoms with Gasteiger partial charge in [0.1, 0.15) is 0 Å². The van der Waals surface area contributed by atoms with Gasteiger partial charge in [-0.25, -0.2) is 0 Å². The minimum atomic E-state index is 0.587. The smallest absolute Gasteiger partial charge is 0.0178 e. The summed E-state index contributed by atoms with van der Waals surface area (Å²) in [4.78, 5) is 2.96. The van der Waals surface area contributed by atoms with E-state index in [1.807, 2.05) is 11.3 Å². The van der Waals surface area contributed by atoms with Crippen LogP contribution in [0.4, 0.5) is 0 Å². The summed E-state index contributed by atoms with van der Waals surface area (Å²) in [6.07, 6.45) is 1.23. The van der Waals surface area contributed by atoms with Gasteiger partial charge in [-0.05, 0) is 49.7 Å². The molecule has 0 bridgehead atoms. The molecule has 19 heavy (non-hydrogen) atoms. The molecule has 100 valence electrons. The van der Waals surface area contributed by atoms with E-state index in [4.69, 9.17) is 0 Å². The van der Waals surface area contributed by atoms with E-state index in [9.17, 15) is 0 Å². The van der Waals surface area contributed by atoms with Gasteiger partial charge >= 0.3 is 0 Å². The molecule has 1 aromatic carbocycles. The quantitative estimate of drug-likeness (QED) is 0.840. The zero-order valence-electron chi connectivity index (χ0n) is 11.0. The average Bonchev–Trinajstić information content (AvgIpc) is 2.85. The number of benzene rings is 1. The first-order chi connectivity index (χ1) is 9.24. The molecule has 2 unspecified atom stereocenters. The number of hydrogen-bond donors (Lipinski definition) is 1. The van der Waals surface area contributed by atoms with Crippen LogP contribution in [0.2, 0.25) is 0 Å². The molecule has 1 N–H and O–H groups in total. The van der Waals surface area contributed by atoms with Crippen molar-refractivity contribution in [3.8, 4) is 0 Å². The molecule has 2 aromatic rings. The zero-order chi connectivity index (χ0) is 13.2. The zero-order valence-corrected chi connectivity index (χ0v) is 13.4. The highest BCUT2D eigenvalue weighted by atomic mass is 79.9. The second-order valence-electron chi connectivity index (χ2n) is 5.21. The van der Waals surface area contributed by atoms with E-state index in [0.29, 0.717) is 11.8 Å². The molecule has 3 heteroatoms. The Kier molecular flexibility index (Phi) is 4.06. The molecule has 1 aliphatic rings. The van der Waals surface area contributed by atoms with Crippen molar-refractivity contribution in [1.82, 2.24) is 5.32 Å². The highest BCUT2D eigenvalue weighted by Crippen LogP contribution is 2.40. The minimum absolute atomic E-state index is 0.587. The fourth-order valence-corrected chi connectivity index (χ4v) is 4.43. The van der Waals surface area contributed by atoms with Gasteiger partial charge in [-0.2, -0.15) is 0 Å². The van der Waals surface area contributed by atoms with Crippen LogP contribution >= 0.6 is 27.3 Å². The molecule has 1 nitrogen and oxygen atoms in total. The largest absolute Gasteiger partial charge is 0.316 e. The van der Waals surface area contributed by atoms with Gasteiger partial charge in [0.2, 0.25) is 0 Å². The Labute approximate surface area is 127 Å². The summed E-state index contributed by atoms with van der Waals surface area (Å²) in [5.74, 6) is 1.25. The summed E-state index contributed by atoms with van der Waals surface area (Å²) >= 11 is 5.55. The van der Waals surface area contributed by atoms with Crippen LogP contribution in [0, 0.1) is 6.92 Å². The molecule has 0 spiro atoms. The lowest BCUT2D eigenvalue weighted by Gasteiger charge is -2.32. The second-order valence-corrected chi connectivity index (χ2v) is 7.44. The fraction of sp³-hybridized carbons (Fsp3) is 0.375. The lowest BCUT2D eigenvalue weighted by molar-refractivity contribution is 0.408. The van der Waals surface area contributed by atoms with Crippen LogP contribution < -0.4 is 5.32 Å². The van der Waals surface area contributed by atoms with E-state index < -0.39 is 0 Å². The summed E-state index contributed by atoms with van der Waals surface area (Å²) in [5.41, 5.74) is 1.44. The maximum Gasteiger partial charge on any atom is 0.0178 e. The number of piperidine rings is 1. The predicted octanol–water partition coefficient (Wildman–Crippen LogP) is 4.68. The average molecular weight is 336 g/mol. The molecular formula is C16H18BrNS. The van der Waals surface area contributed by atoms with Gasteiger partial charge in [0.05, 0.1) is 0 Å². The van der Waals surface area contributed by atoms with Crippen LogP contribution in [0.25, 0.3) is 0 Å². The van der Waals surface area contributed by atoms with Crippen molar-refractivity contribution in [3.63, 3.8) is 0 Å². The number of aryl methyl sites for hydroxylation is 1. The number of halogens is 1. The second kappa shape index (κ2) is 5.78. The molecule has 2 heterocycles. The maximum atomic E-state index is 3.59. The van der Waals surface area contributed by atoms with Gasteiger partial charge in [0.25, 0.3) is 0 Å². The molecule has 2 atom stereocenters. The third-order valence-corrected chi connectivity index (χ3v) is 5.51. The van der Waals surface area contributed by atoms with Gasteiger partial charge < -0.3 is 5.32 Å². The van der Waals surface area contributed by atoms with Crippen molar-refractivity contribution < 1.29 is 0 Å². The molecule has 0 aliphatic carbocycles. The van der Waals surface area contributed by atoms with Crippen LogP contribution in [-0.2, 0) is 0 Å². The van der Waals surface area contributed by atoms with Crippen LogP contribution in [0.15, 0.2) is 40.9 Å². The molecule has 1 aliphatic heterocycles. The summed E-state index contributed by atoms with van der Waals surface area (Å²) in [6, 6.07) is 13.3. The third-order valence-electron chi connectivity index (χ3n) is 3.89. The molecule has 1 aromatic heterocycles. The molecule has 1 saturated heterocycles. The molecule has 0 saturated carbocycles.